The Morgan fingerprint density at radius 1 is 1.36 bits per heavy atom. The number of nitrogen functional groups attached to an aromatic ring is 1. The van der Waals surface area contributed by atoms with E-state index < -0.39 is 5.97 Å². The smallest absolute Gasteiger partial charge is 0.339 e. The van der Waals surface area contributed by atoms with Gasteiger partial charge in [-0.05, 0) is 6.07 Å². The van der Waals surface area contributed by atoms with E-state index in [9.17, 15) is 4.79 Å². The standard InChI is InChI=1S/C9H9NO4/c10-5-3-6(9(11)12)8-7(4-5)13-1-2-14-8/h3-4H,1-2,10H2,(H,11,12). The van der Waals surface area contributed by atoms with Gasteiger partial charge in [-0.3, -0.25) is 0 Å². The summed E-state index contributed by atoms with van der Waals surface area (Å²) in [5, 5.41) is 8.87. The monoisotopic (exact) mass is 195 g/mol. The van der Waals surface area contributed by atoms with Crippen LogP contribution in [0.15, 0.2) is 12.1 Å². The lowest BCUT2D eigenvalue weighted by Crippen LogP contribution is -2.18. The quantitative estimate of drug-likeness (QED) is 0.646. The van der Waals surface area contributed by atoms with Crippen molar-refractivity contribution in [2.75, 3.05) is 18.9 Å². The number of fused-ring (bicyclic) bond motifs is 1. The molecule has 1 heterocycles. The van der Waals surface area contributed by atoms with Crippen LogP contribution in [-0.2, 0) is 0 Å². The summed E-state index contributed by atoms with van der Waals surface area (Å²) in [7, 11) is 0. The first kappa shape index (κ1) is 8.68. The van der Waals surface area contributed by atoms with Crippen molar-refractivity contribution in [3.63, 3.8) is 0 Å². The highest BCUT2D eigenvalue weighted by Crippen LogP contribution is 2.35. The van der Waals surface area contributed by atoms with Crippen molar-refractivity contribution in [2.24, 2.45) is 0 Å². The molecule has 74 valence electrons. The predicted octanol–water partition coefficient (Wildman–Crippen LogP) is 0.738. The summed E-state index contributed by atoms with van der Waals surface area (Å²) < 4.78 is 10.4. The Morgan fingerprint density at radius 2 is 2.07 bits per heavy atom. The van der Waals surface area contributed by atoms with Crippen LogP contribution < -0.4 is 15.2 Å². The minimum atomic E-state index is -1.07. The van der Waals surface area contributed by atoms with Crippen LogP contribution in [0, 0.1) is 0 Å². The SMILES string of the molecule is Nc1cc2c(c(C(=O)O)c1)OCCO2. The molecule has 3 N–H and O–H groups in total. The molecule has 5 nitrogen and oxygen atoms in total. The Bertz CT molecular complexity index is 389. The zero-order chi connectivity index (χ0) is 10.1. The molecule has 0 radical (unpaired) electrons. The summed E-state index contributed by atoms with van der Waals surface area (Å²) in [4.78, 5) is 10.8. The number of benzene rings is 1. The van der Waals surface area contributed by atoms with Crippen LogP contribution in [0.25, 0.3) is 0 Å². The lowest BCUT2D eigenvalue weighted by molar-refractivity contribution is 0.0686. The first-order valence-electron chi connectivity index (χ1n) is 4.11. The van der Waals surface area contributed by atoms with E-state index in [4.69, 9.17) is 20.3 Å². The molecule has 0 aromatic heterocycles. The second-order valence-corrected chi connectivity index (χ2v) is 2.90. The summed E-state index contributed by atoms with van der Waals surface area (Å²) in [5.41, 5.74) is 5.92. The molecule has 0 unspecified atom stereocenters. The summed E-state index contributed by atoms with van der Waals surface area (Å²) in [5.74, 6) is -0.411. The van der Waals surface area contributed by atoms with Gasteiger partial charge in [-0.25, -0.2) is 4.79 Å². The normalized spacial score (nSPS) is 13.7. The number of carbonyl (C=O) groups is 1. The average molecular weight is 195 g/mol. The highest BCUT2D eigenvalue weighted by Gasteiger charge is 2.20. The van der Waals surface area contributed by atoms with Gasteiger partial charge in [-0.1, -0.05) is 0 Å². The maximum atomic E-state index is 10.8. The summed E-state index contributed by atoms with van der Waals surface area (Å²) >= 11 is 0. The first-order chi connectivity index (χ1) is 6.68. The lowest BCUT2D eigenvalue weighted by atomic mass is 10.1. The molecule has 1 aromatic rings. The fraction of sp³-hybridized carbons (Fsp3) is 0.222. The van der Waals surface area contributed by atoms with Crippen LogP contribution in [0.2, 0.25) is 0 Å². The number of anilines is 1. The number of aromatic carboxylic acids is 1. The van der Waals surface area contributed by atoms with Crippen molar-refractivity contribution < 1.29 is 19.4 Å². The van der Waals surface area contributed by atoms with E-state index >= 15 is 0 Å². The van der Waals surface area contributed by atoms with Gasteiger partial charge in [-0.2, -0.15) is 0 Å². The van der Waals surface area contributed by atoms with E-state index in [2.05, 4.69) is 0 Å². The molecule has 14 heavy (non-hydrogen) atoms. The van der Waals surface area contributed by atoms with Crippen LogP contribution >= 0.6 is 0 Å². The zero-order valence-corrected chi connectivity index (χ0v) is 7.32. The molecule has 5 heteroatoms. The topological polar surface area (TPSA) is 81.8 Å². The van der Waals surface area contributed by atoms with Crippen molar-refractivity contribution in [3.05, 3.63) is 17.7 Å². The number of nitrogens with two attached hydrogens (primary N) is 1. The van der Waals surface area contributed by atoms with Gasteiger partial charge in [-0.15, -0.1) is 0 Å². The fourth-order valence-electron chi connectivity index (χ4n) is 1.33. The molecule has 0 saturated heterocycles. The Hall–Kier alpha value is -1.91. The van der Waals surface area contributed by atoms with E-state index in [0.29, 0.717) is 24.7 Å². The molecular formula is C9H9NO4. The summed E-state index contributed by atoms with van der Waals surface area (Å²) in [6, 6.07) is 2.91. The molecule has 0 bridgehead atoms. The van der Waals surface area contributed by atoms with Crippen molar-refractivity contribution >= 4 is 11.7 Å². The van der Waals surface area contributed by atoms with Gasteiger partial charge in [0, 0.05) is 11.8 Å². The molecule has 0 atom stereocenters. The van der Waals surface area contributed by atoms with Gasteiger partial charge >= 0.3 is 5.97 Å². The Kier molecular flexibility index (Phi) is 1.92. The fourth-order valence-corrected chi connectivity index (χ4v) is 1.33. The third kappa shape index (κ3) is 1.32. The number of ether oxygens (including phenoxy) is 2. The predicted molar refractivity (Wildman–Crippen MR) is 48.8 cm³/mol. The molecule has 0 aliphatic carbocycles. The number of carboxylic acid groups (broad SMARTS) is 1. The van der Waals surface area contributed by atoms with Crippen LogP contribution in [0.4, 0.5) is 5.69 Å². The van der Waals surface area contributed by atoms with Crippen LogP contribution in [0.1, 0.15) is 10.4 Å². The molecule has 0 spiro atoms. The minimum absolute atomic E-state index is 0.0414. The number of hydrogen-bond acceptors (Lipinski definition) is 4. The van der Waals surface area contributed by atoms with Gasteiger partial charge in [0.05, 0.1) is 0 Å². The second-order valence-electron chi connectivity index (χ2n) is 2.90. The minimum Gasteiger partial charge on any atom is -0.486 e. The number of hydrogen-bond donors (Lipinski definition) is 2. The van der Waals surface area contributed by atoms with Gasteiger partial charge in [0.25, 0.3) is 0 Å². The lowest BCUT2D eigenvalue weighted by Gasteiger charge is -2.20. The van der Waals surface area contributed by atoms with E-state index in [1.165, 1.54) is 6.07 Å². The molecule has 1 aromatic carbocycles. The Balaban J connectivity index is 2.58. The van der Waals surface area contributed by atoms with Crippen molar-refractivity contribution in [1.82, 2.24) is 0 Å². The molecule has 1 aliphatic rings. The third-order valence-corrected chi connectivity index (χ3v) is 1.89. The first-order valence-corrected chi connectivity index (χ1v) is 4.11. The van der Waals surface area contributed by atoms with Crippen molar-refractivity contribution in [1.29, 1.82) is 0 Å². The highest BCUT2D eigenvalue weighted by atomic mass is 16.6. The zero-order valence-electron chi connectivity index (χ0n) is 7.32. The van der Waals surface area contributed by atoms with Crippen molar-refractivity contribution in [2.45, 2.75) is 0 Å². The van der Waals surface area contributed by atoms with Gasteiger partial charge in [0.1, 0.15) is 18.8 Å². The van der Waals surface area contributed by atoms with Crippen molar-refractivity contribution in [3.8, 4) is 11.5 Å². The number of rotatable bonds is 1. The molecule has 0 saturated carbocycles. The van der Waals surface area contributed by atoms with Gasteiger partial charge in [0.2, 0.25) is 0 Å². The van der Waals surface area contributed by atoms with Crippen LogP contribution in [0.5, 0.6) is 11.5 Å². The summed E-state index contributed by atoms with van der Waals surface area (Å²) in [6.07, 6.45) is 0. The molecule has 2 rings (SSSR count). The van der Waals surface area contributed by atoms with Gasteiger partial charge < -0.3 is 20.3 Å². The maximum absolute atomic E-state index is 10.8. The average Bonchev–Trinajstić information content (AvgIpc) is 2.16. The molecular weight excluding hydrogens is 186 g/mol. The van der Waals surface area contributed by atoms with E-state index in [-0.39, 0.29) is 11.3 Å². The summed E-state index contributed by atoms with van der Waals surface area (Å²) in [6.45, 7) is 0.771. The Labute approximate surface area is 80.0 Å². The van der Waals surface area contributed by atoms with Crippen LogP contribution in [0.3, 0.4) is 0 Å². The van der Waals surface area contributed by atoms with E-state index in [1.54, 1.807) is 6.07 Å². The second kappa shape index (κ2) is 3.10. The maximum Gasteiger partial charge on any atom is 0.339 e. The molecule has 0 fully saturated rings. The van der Waals surface area contributed by atoms with Crippen LogP contribution in [-0.4, -0.2) is 24.3 Å². The largest absolute Gasteiger partial charge is 0.486 e. The Morgan fingerprint density at radius 3 is 2.79 bits per heavy atom. The highest BCUT2D eigenvalue weighted by molar-refractivity contribution is 5.93. The third-order valence-electron chi connectivity index (χ3n) is 1.89. The molecule has 0 amide bonds. The molecule has 1 aliphatic heterocycles. The number of carboxylic acids is 1. The van der Waals surface area contributed by atoms with E-state index in [0.717, 1.165) is 0 Å². The van der Waals surface area contributed by atoms with Gasteiger partial charge in [0.15, 0.2) is 11.5 Å². The van der Waals surface area contributed by atoms with E-state index in [1.807, 2.05) is 0 Å².